The third-order valence-corrected chi connectivity index (χ3v) is 5.68. The first-order valence-electron chi connectivity index (χ1n) is 10.2. The second-order valence-electron chi connectivity index (χ2n) is 7.12. The number of amides is 4. The molecule has 4 amide bonds. The third kappa shape index (κ3) is 6.42. The van der Waals surface area contributed by atoms with E-state index in [1.165, 1.54) is 11.3 Å². The van der Waals surface area contributed by atoms with Crippen molar-refractivity contribution in [1.29, 1.82) is 0 Å². The van der Waals surface area contributed by atoms with Gasteiger partial charge in [0.25, 0.3) is 0 Å². The fourth-order valence-corrected chi connectivity index (χ4v) is 3.90. The summed E-state index contributed by atoms with van der Waals surface area (Å²) in [5.41, 5.74) is 1.63. The summed E-state index contributed by atoms with van der Waals surface area (Å²) >= 11 is 1.28. The Labute approximate surface area is 185 Å². The standard InChI is InChI=1S/C21H27N5O4S/c1-3-30-21(29)26-11-9-25(10-12-26)20(28)24-19-23-17(14-31-19)13-18(27)22-15(2)16-7-5-4-6-8-16/h4-8,14-15H,3,9-13H2,1-2H3,(H,22,27)(H,23,24,28). The summed E-state index contributed by atoms with van der Waals surface area (Å²) in [5, 5.41) is 7.93. The molecular formula is C21H27N5O4S. The van der Waals surface area contributed by atoms with Gasteiger partial charge in [0, 0.05) is 31.6 Å². The molecule has 0 aliphatic carbocycles. The molecule has 1 aliphatic rings. The van der Waals surface area contributed by atoms with Crippen molar-refractivity contribution in [3.8, 4) is 0 Å². The van der Waals surface area contributed by atoms with Gasteiger partial charge >= 0.3 is 12.1 Å². The van der Waals surface area contributed by atoms with E-state index in [0.717, 1.165) is 5.56 Å². The van der Waals surface area contributed by atoms with Gasteiger partial charge < -0.3 is 19.9 Å². The number of rotatable bonds is 6. The molecule has 10 heteroatoms. The number of carbonyl (C=O) groups is 3. The maximum atomic E-state index is 12.5. The van der Waals surface area contributed by atoms with Gasteiger partial charge in [0.15, 0.2) is 5.13 Å². The lowest BCUT2D eigenvalue weighted by Crippen LogP contribution is -2.51. The zero-order chi connectivity index (χ0) is 22.2. The van der Waals surface area contributed by atoms with E-state index in [1.807, 2.05) is 37.3 Å². The number of benzene rings is 1. The van der Waals surface area contributed by atoms with Crippen molar-refractivity contribution in [2.45, 2.75) is 26.3 Å². The van der Waals surface area contributed by atoms with Crippen molar-refractivity contribution in [1.82, 2.24) is 20.1 Å². The number of urea groups is 1. The summed E-state index contributed by atoms with van der Waals surface area (Å²) in [4.78, 5) is 44.1. The number of ether oxygens (including phenoxy) is 1. The van der Waals surface area contributed by atoms with E-state index in [4.69, 9.17) is 4.74 Å². The molecule has 1 aromatic carbocycles. The number of hydrogen-bond acceptors (Lipinski definition) is 6. The number of aromatic nitrogens is 1. The largest absolute Gasteiger partial charge is 0.450 e. The molecule has 1 aliphatic heterocycles. The van der Waals surface area contributed by atoms with Crippen LogP contribution in [0.1, 0.15) is 31.1 Å². The van der Waals surface area contributed by atoms with E-state index in [9.17, 15) is 14.4 Å². The zero-order valence-electron chi connectivity index (χ0n) is 17.7. The molecule has 2 aromatic rings. The van der Waals surface area contributed by atoms with Gasteiger partial charge in [0.05, 0.1) is 24.8 Å². The Balaban J connectivity index is 1.45. The summed E-state index contributed by atoms with van der Waals surface area (Å²) in [5.74, 6) is -0.130. The molecule has 1 aromatic heterocycles. The maximum absolute atomic E-state index is 12.5. The van der Waals surface area contributed by atoms with Crippen molar-refractivity contribution in [2.24, 2.45) is 0 Å². The first kappa shape index (κ1) is 22.5. The van der Waals surface area contributed by atoms with Crippen molar-refractivity contribution in [3.63, 3.8) is 0 Å². The molecule has 1 fully saturated rings. The average Bonchev–Trinajstić information content (AvgIpc) is 3.21. The molecule has 0 bridgehead atoms. The van der Waals surface area contributed by atoms with Crippen molar-refractivity contribution in [3.05, 3.63) is 47.0 Å². The SMILES string of the molecule is CCOC(=O)N1CCN(C(=O)Nc2nc(CC(=O)NC(C)c3ccccc3)cs2)CC1. The number of anilines is 1. The third-order valence-electron chi connectivity index (χ3n) is 4.88. The van der Waals surface area contributed by atoms with Crippen molar-refractivity contribution < 1.29 is 19.1 Å². The van der Waals surface area contributed by atoms with Crippen LogP contribution in [0.15, 0.2) is 35.7 Å². The van der Waals surface area contributed by atoms with Crippen molar-refractivity contribution in [2.75, 3.05) is 38.1 Å². The van der Waals surface area contributed by atoms with Crippen LogP contribution in [0, 0.1) is 0 Å². The first-order valence-corrected chi connectivity index (χ1v) is 11.1. The van der Waals surface area contributed by atoms with Gasteiger partial charge in [0.2, 0.25) is 5.91 Å². The molecule has 1 unspecified atom stereocenters. The molecule has 2 heterocycles. The summed E-state index contributed by atoms with van der Waals surface area (Å²) in [6.07, 6.45) is -0.214. The Hall–Kier alpha value is -3.14. The highest BCUT2D eigenvalue weighted by Gasteiger charge is 2.25. The van der Waals surface area contributed by atoms with E-state index in [0.29, 0.717) is 43.6 Å². The molecular weight excluding hydrogens is 418 g/mol. The second kappa shape index (κ2) is 10.8. The van der Waals surface area contributed by atoms with Crippen LogP contribution in [0.25, 0.3) is 0 Å². The van der Waals surface area contributed by atoms with E-state index in [1.54, 1.807) is 22.1 Å². The van der Waals surface area contributed by atoms with Gasteiger partial charge in [-0.25, -0.2) is 14.6 Å². The number of piperazine rings is 1. The highest BCUT2D eigenvalue weighted by Crippen LogP contribution is 2.18. The number of nitrogens with zero attached hydrogens (tertiary/aromatic N) is 3. The van der Waals surface area contributed by atoms with Gasteiger partial charge in [-0.05, 0) is 19.4 Å². The number of hydrogen-bond donors (Lipinski definition) is 2. The van der Waals surface area contributed by atoms with E-state index >= 15 is 0 Å². The topological polar surface area (TPSA) is 104 Å². The maximum Gasteiger partial charge on any atom is 0.409 e. The minimum absolute atomic E-state index is 0.0974. The van der Waals surface area contributed by atoms with E-state index in [-0.39, 0.29) is 30.5 Å². The molecule has 0 saturated carbocycles. The molecule has 0 radical (unpaired) electrons. The average molecular weight is 446 g/mol. The van der Waals surface area contributed by atoms with Crippen LogP contribution in [0.5, 0.6) is 0 Å². The smallest absolute Gasteiger partial charge is 0.409 e. The van der Waals surface area contributed by atoms with Crippen LogP contribution in [0.3, 0.4) is 0 Å². The minimum atomic E-state index is -0.355. The lowest BCUT2D eigenvalue weighted by atomic mass is 10.1. The second-order valence-corrected chi connectivity index (χ2v) is 7.98. The van der Waals surface area contributed by atoms with E-state index < -0.39 is 0 Å². The summed E-state index contributed by atoms with van der Waals surface area (Å²) in [6, 6.07) is 9.37. The number of thiazole rings is 1. The summed E-state index contributed by atoms with van der Waals surface area (Å²) < 4.78 is 4.98. The lowest BCUT2D eigenvalue weighted by molar-refractivity contribution is -0.121. The molecule has 0 spiro atoms. The predicted octanol–water partition coefficient (Wildman–Crippen LogP) is 2.87. The van der Waals surface area contributed by atoms with E-state index in [2.05, 4.69) is 15.6 Å². The van der Waals surface area contributed by atoms with Gasteiger partial charge in [-0.3, -0.25) is 10.1 Å². The highest BCUT2D eigenvalue weighted by atomic mass is 32.1. The highest BCUT2D eigenvalue weighted by molar-refractivity contribution is 7.13. The quantitative estimate of drug-likeness (QED) is 0.712. The van der Waals surface area contributed by atoms with Crippen LogP contribution >= 0.6 is 11.3 Å². The molecule has 9 nitrogen and oxygen atoms in total. The number of carbonyl (C=O) groups excluding carboxylic acids is 3. The van der Waals surface area contributed by atoms with Crippen LogP contribution < -0.4 is 10.6 Å². The van der Waals surface area contributed by atoms with Crippen LogP contribution in [-0.2, 0) is 16.0 Å². The minimum Gasteiger partial charge on any atom is -0.450 e. The van der Waals surface area contributed by atoms with Crippen LogP contribution in [0.4, 0.5) is 14.7 Å². The lowest BCUT2D eigenvalue weighted by Gasteiger charge is -2.33. The van der Waals surface area contributed by atoms with Crippen LogP contribution in [-0.4, -0.2) is 65.6 Å². The molecule has 1 saturated heterocycles. The fraction of sp³-hybridized carbons (Fsp3) is 0.429. The first-order chi connectivity index (χ1) is 15.0. The molecule has 2 N–H and O–H groups in total. The van der Waals surface area contributed by atoms with Crippen molar-refractivity contribution >= 4 is 34.5 Å². The van der Waals surface area contributed by atoms with Gasteiger partial charge in [0.1, 0.15) is 0 Å². The normalized spacial score (nSPS) is 14.6. The Kier molecular flexibility index (Phi) is 7.82. The number of nitrogens with one attached hydrogen (secondary N) is 2. The van der Waals surface area contributed by atoms with Gasteiger partial charge in [-0.15, -0.1) is 11.3 Å². The van der Waals surface area contributed by atoms with Gasteiger partial charge in [-0.1, -0.05) is 30.3 Å². The predicted molar refractivity (Wildman–Crippen MR) is 118 cm³/mol. The summed E-state index contributed by atoms with van der Waals surface area (Å²) in [7, 11) is 0. The molecule has 3 rings (SSSR count). The monoisotopic (exact) mass is 445 g/mol. The Morgan fingerprint density at radius 2 is 1.81 bits per heavy atom. The summed E-state index contributed by atoms with van der Waals surface area (Å²) in [6.45, 7) is 5.71. The fourth-order valence-electron chi connectivity index (χ4n) is 3.21. The zero-order valence-corrected chi connectivity index (χ0v) is 18.5. The molecule has 166 valence electrons. The van der Waals surface area contributed by atoms with Gasteiger partial charge in [-0.2, -0.15) is 0 Å². The molecule has 1 atom stereocenters. The Morgan fingerprint density at radius 1 is 1.13 bits per heavy atom. The Morgan fingerprint density at radius 3 is 2.48 bits per heavy atom. The molecule has 31 heavy (non-hydrogen) atoms. The Bertz CT molecular complexity index is 896. The van der Waals surface area contributed by atoms with Crippen LogP contribution in [0.2, 0.25) is 0 Å².